The summed E-state index contributed by atoms with van der Waals surface area (Å²) in [6, 6.07) is -1.75. The van der Waals surface area contributed by atoms with E-state index >= 15 is 0 Å². The van der Waals surface area contributed by atoms with Gasteiger partial charge in [0.1, 0.15) is 17.4 Å². The van der Waals surface area contributed by atoms with Crippen molar-refractivity contribution >= 4 is 28.6 Å². The Morgan fingerprint density at radius 2 is 1.94 bits per heavy atom. The molecule has 9 heteroatoms. The summed E-state index contributed by atoms with van der Waals surface area (Å²) in [6.07, 6.45) is -4.38. The van der Waals surface area contributed by atoms with Crippen LogP contribution in [0.5, 0.6) is 0 Å². The van der Waals surface area contributed by atoms with Crippen LogP contribution in [-0.4, -0.2) is 32.2 Å². The highest BCUT2D eigenvalue weighted by Gasteiger charge is 2.36. The van der Waals surface area contributed by atoms with E-state index in [-0.39, 0.29) is 16.7 Å². The molecular weight excluding hydrogens is 271 g/mol. The van der Waals surface area contributed by atoms with Gasteiger partial charge in [0.25, 0.3) is 0 Å². The predicted molar refractivity (Wildman–Crippen MR) is 60.6 cm³/mol. The molecule has 0 spiro atoms. The van der Waals surface area contributed by atoms with Crippen molar-refractivity contribution in [3.05, 3.63) is 11.1 Å². The zero-order valence-corrected chi connectivity index (χ0v) is 10.2. The molecular formula is C9H9ClF3N5. The molecule has 5 nitrogen and oxygen atoms in total. The molecule has 2 N–H and O–H groups in total. The minimum absolute atomic E-state index is 0.0181. The zero-order valence-electron chi connectivity index (χ0n) is 9.43. The smallest absolute Gasteiger partial charge is 0.357 e. The number of hydrogen-bond acceptors (Lipinski definition) is 4. The van der Waals surface area contributed by atoms with Crippen LogP contribution in [0.2, 0.25) is 5.28 Å². The molecule has 1 unspecified atom stereocenters. The van der Waals surface area contributed by atoms with E-state index in [0.717, 1.165) is 6.92 Å². The molecule has 0 aliphatic heterocycles. The highest BCUT2D eigenvalue weighted by Crippen LogP contribution is 2.26. The number of rotatable bonds is 2. The highest BCUT2D eigenvalue weighted by molar-refractivity contribution is 6.28. The van der Waals surface area contributed by atoms with Crippen molar-refractivity contribution in [1.82, 2.24) is 19.9 Å². The molecule has 0 radical (unpaired) electrons. The van der Waals surface area contributed by atoms with E-state index in [2.05, 4.69) is 25.3 Å². The first-order chi connectivity index (χ1) is 8.27. The van der Waals surface area contributed by atoms with E-state index in [1.54, 1.807) is 6.92 Å². The molecule has 0 fully saturated rings. The van der Waals surface area contributed by atoms with Crippen molar-refractivity contribution in [1.29, 1.82) is 0 Å². The van der Waals surface area contributed by atoms with Crippen molar-refractivity contribution < 1.29 is 13.2 Å². The maximum atomic E-state index is 12.5. The third-order valence-electron chi connectivity index (χ3n) is 2.29. The van der Waals surface area contributed by atoms with E-state index in [1.165, 1.54) is 0 Å². The van der Waals surface area contributed by atoms with Crippen LogP contribution in [0, 0.1) is 6.92 Å². The summed E-state index contributed by atoms with van der Waals surface area (Å²) in [5.74, 6) is 0.500. The molecule has 0 aromatic carbocycles. The van der Waals surface area contributed by atoms with Gasteiger partial charge in [-0.1, -0.05) is 0 Å². The van der Waals surface area contributed by atoms with Gasteiger partial charge in [0.2, 0.25) is 5.28 Å². The Kier molecular flexibility index (Phi) is 3.05. The van der Waals surface area contributed by atoms with Crippen LogP contribution in [0.1, 0.15) is 12.7 Å². The Morgan fingerprint density at radius 1 is 1.28 bits per heavy atom. The fourth-order valence-corrected chi connectivity index (χ4v) is 1.54. The van der Waals surface area contributed by atoms with Crippen LogP contribution < -0.4 is 5.32 Å². The summed E-state index contributed by atoms with van der Waals surface area (Å²) in [5, 5.41) is 2.09. The van der Waals surface area contributed by atoms with Crippen molar-refractivity contribution in [2.24, 2.45) is 0 Å². The van der Waals surface area contributed by atoms with Gasteiger partial charge in [0.05, 0.1) is 0 Å². The molecule has 98 valence electrons. The number of nitrogens with zero attached hydrogens (tertiary/aromatic N) is 3. The SMILES string of the molecule is Cc1nc2nc(Cl)nc(NC(C)C(F)(F)F)c2[nH]1. The first-order valence-electron chi connectivity index (χ1n) is 5.00. The maximum Gasteiger partial charge on any atom is 0.408 e. The monoisotopic (exact) mass is 279 g/mol. The van der Waals surface area contributed by atoms with E-state index < -0.39 is 12.2 Å². The topological polar surface area (TPSA) is 66.5 Å². The van der Waals surface area contributed by atoms with Crippen LogP contribution in [-0.2, 0) is 0 Å². The van der Waals surface area contributed by atoms with E-state index in [1.807, 2.05) is 0 Å². The fraction of sp³-hybridized carbons (Fsp3) is 0.444. The number of halogens is 4. The van der Waals surface area contributed by atoms with E-state index in [9.17, 15) is 13.2 Å². The Morgan fingerprint density at radius 3 is 2.56 bits per heavy atom. The van der Waals surface area contributed by atoms with Gasteiger partial charge in [-0.25, -0.2) is 4.98 Å². The molecule has 2 aromatic heterocycles. The van der Waals surface area contributed by atoms with E-state index in [0.29, 0.717) is 11.3 Å². The molecule has 0 amide bonds. The summed E-state index contributed by atoms with van der Waals surface area (Å²) in [5.41, 5.74) is 0.525. The van der Waals surface area contributed by atoms with Crippen molar-refractivity contribution in [3.8, 4) is 0 Å². The number of anilines is 1. The molecule has 2 aromatic rings. The standard InChI is InChI=1S/C9H9ClF3N5/c1-3(9(11,12)13)14-6-5-7(16-4(2)15-5)18-8(10)17-6/h3H,1-2H3,(H2,14,15,16,17,18). The lowest BCUT2D eigenvalue weighted by molar-refractivity contribution is -0.138. The van der Waals surface area contributed by atoms with E-state index in [4.69, 9.17) is 11.6 Å². The third-order valence-corrected chi connectivity index (χ3v) is 2.46. The van der Waals surface area contributed by atoms with Gasteiger partial charge in [-0.3, -0.25) is 0 Å². The molecule has 0 aliphatic rings. The minimum Gasteiger partial charge on any atom is -0.357 e. The van der Waals surface area contributed by atoms with Crippen LogP contribution in [0.15, 0.2) is 0 Å². The lowest BCUT2D eigenvalue weighted by atomic mass is 10.3. The van der Waals surface area contributed by atoms with Crippen molar-refractivity contribution in [2.45, 2.75) is 26.1 Å². The molecule has 0 aliphatic carbocycles. The quantitative estimate of drug-likeness (QED) is 0.830. The Hall–Kier alpha value is -1.57. The first-order valence-corrected chi connectivity index (χ1v) is 5.38. The summed E-state index contributed by atoms with van der Waals surface area (Å²) in [6.45, 7) is 2.65. The normalized spacial score (nSPS) is 13.9. The summed E-state index contributed by atoms with van der Waals surface area (Å²) >= 11 is 5.63. The molecule has 2 rings (SSSR count). The Bertz CT molecular complexity index is 579. The Balaban J connectivity index is 2.44. The number of alkyl halides is 3. The number of H-pyrrole nitrogens is 1. The van der Waals surface area contributed by atoms with Gasteiger partial charge in [-0.05, 0) is 25.4 Å². The number of nitrogens with one attached hydrogen (secondary N) is 2. The van der Waals surface area contributed by atoms with Crippen LogP contribution in [0.3, 0.4) is 0 Å². The number of aromatic nitrogens is 4. The first kappa shape index (κ1) is 12.9. The number of aryl methyl sites for hydroxylation is 1. The Labute approximate surface area is 105 Å². The summed E-state index contributed by atoms with van der Waals surface area (Å²) in [7, 11) is 0. The average molecular weight is 280 g/mol. The molecule has 1 atom stereocenters. The average Bonchev–Trinajstić information content (AvgIpc) is 2.56. The summed E-state index contributed by atoms with van der Waals surface area (Å²) in [4.78, 5) is 14.3. The van der Waals surface area contributed by atoms with Crippen molar-refractivity contribution in [2.75, 3.05) is 5.32 Å². The molecule has 0 saturated carbocycles. The molecule has 0 bridgehead atoms. The predicted octanol–water partition coefficient (Wildman–Crippen LogP) is 2.68. The largest absolute Gasteiger partial charge is 0.408 e. The number of fused-ring (bicyclic) bond motifs is 1. The highest BCUT2D eigenvalue weighted by atomic mass is 35.5. The van der Waals surface area contributed by atoms with Gasteiger partial charge in [-0.2, -0.15) is 23.1 Å². The van der Waals surface area contributed by atoms with Gasteiger partial charge in [0, 0.05) is 0 Å². The van der Waals surface area contributed by atoms with Gasteiger partial charge in [-0.15, -0.1) is 0 Å². The second-order valence-corrected chi connectivity index (χ2v) is 4.11. The molecule has 18 heavy (non-hydrogen) atoms. The number of aromatic amines is 1. The lowest BCUT2D eigenvalue weighted by Crippen LogP contribution is -2.33. The summed E-state index contributed by atoms with van der Waals surface area (Å²) < 4.78 is 37.4. The van der Waals surface area contributed by atoms with Crippen molar-refractivity contribution in [3.63, 3.8) is 0 Å². The van der Waals surface area contributed by atoms with Crippen LogP contribution in [0.25, 0.3) is 11.2 Å². The van der Waals surface area contributed by atoms with Crippen LogP contribution in [0.4, 0.5) is 19.0 Å². The molecule has 0 saturated heterocycles. The lowest BCUT2D eigenvalue weighted by Gasteiger charge is -2.17. The number of imidazole rings is 1. The second kappa shape index (κ2) is 4.27. The minimum atomic E-state index is -4.38. The van der Waals surface area contributed by atoms with Crippen LogP contribution >= 0.6 is 11.6 Å². The second-order valence-electron chi connectivity index (χ2n) is 3.77. The number of hydrogen-bond donors (Lipinski definition) is 2. The fourth-order valence-electron chi connectivity index (χ4n) is 1.38. The van der Waals surface area contributed by atoms with Gasteiger partial charge >= 0.3 is 6.18 Å². The van der Waals surface area contributed by atoms with Gasteiger partial charge < -0.3 is 10.3 Å². The van der Waals surface area contributed by atoms with Gasteiger partial charge in [0.15, 0.2) is 11.5 Å². The maximum absolute atomic E-state index is 12.5. The third kappa shape index (κ3) is 2.47. The zero-order chi connectivity index (χ0) is 13.5. The molecule has 2 heterocycles.